The van der Waals surface area contributed by atoms with Crippen LogP contribution in [0.15, 0.2) is 52.8 Å². The summed E-state index contributed by atoms with van der Waals surface area (Å²) in [5, 5.41) is 13.3. The zero-order valence-electron chi connectivity index (χ0n) is 13.2. The third kappa shape index (κ3) is 4.52. The fourth-order valence-electron chi connectivity index (χ4n) is 2.13. The summed E-state index contributed by atoms with van der Waals surface area (Å²) >= 11 is 13.4. The van der Waals surface area contributed by atoms with Gasteiger partial charge in [-0.2, -0.15) is 5.26 Å². The van der Waals surface area contributed by atoms with Crippen LogP contribution in [0.3, 0.4) is 0 Å². The Hall–Kier alpha value is -2.59. The molecule has 1 N–H and O–H groups in total. The average molecular weight is 404 g/mol. The first-order chi connectivity index (χ1) is 12.5. The van der Waals surface area contributed by atoms with Gasteiger partial charge in [-0.05, 0) is 29.8 Å². The molecule has 1 amide bonds. The van der Waals surface area contributed by atoms with Crippen molar-refractivity contribution >= 4 is 51.7 Å². The molecule has 2 heterocycles. The van der Waals surface area contributed by atoms with E-state index in [-0.39, 0.29) is 5.57 Å². The Morgan fingerprint density at radius 2 is 2.23 bits per heavy atom. The van der Waals surface area contributed by atoms with Crippen LogP contribution in [0.4, 0.5) is 5.13 Å². The lowest BCUT2D eigenvalue weighted by Gasteiger charge is -2.02. The second-order valence-electron chi connectivity index (χ2n) is 5.18. The molecule has 1 aromatic carbocycles. The lowest BCUT2D eigenvalue weighted by Crippen LogP contribution is -2.13. The van der Waals surface area contributed by atoms with Gasteiger partial charge in [-0.25, -0.2) is 4.98 Å². The number of carbonyl (C=O) groups is 1. The standard InChI is InChI=1S/C18H11Cl2N3O2S/c19-13-4-3-11(16(20)8-13)7-15-10-22-18(26-15)23-17(24)12(9-21)6-14-2-1-5-25-14/h1-6,8,10H,7H2,(H,22,23,24)/b12-6-. The molecule has 0 aliphatic carbocycles. The molecule has 26 heavy (non-hydrogen) atoms. The van der Waals surface area contributed by atoms with E-state index in [0.29, 0.717) is 27.4 Å². The van der Waals surface area contributed by atoms with Gasteiger partial charge in [0.25, 0.3) is 5.91 Å². The predicted octanol–water partition coefficient (Wildman–Crippen LogP) is 5.18. The van der Waals surface area contributed by atoms with E-state index in [1.54, 1.807) is 30.5 Å². The lowest BCUT2D eigenvalue weighted by molar-refractivity contribution is -0.112. The lowest BCUT2D eigenvalue weighted by atomic mass is 10.1. The van der Waals surface area contributed by atoms with Crippen LogP contribution >= 0.6 is 34.5 Å². The van der Waals surface area contributed by atoms with Crippen molar-refractivity contribution in [2.45, 2.75) is 6.42 Å². The Balaban J connectivity index is 1.70. The molecule has 0 aliphatic heterocycles. The summed E-state index contributed by atoms with van der Waals surface area (Å²) in [5.41, 5.74) is 0.838. The predicted molar refractivity (Wildman–Crippen MR) is 102 cm³/mol. The van der Waals surface area contributed by atoms with Crippen LogP contribution in [-0.4, -0.2) is 10.9 Å². The molecule has 5 nitrogen and oxygen atoms in total. The number of rotatable bonds is 5. The minimum absolute atomic E-state index is 0.0718. The Labute approximate surface area is 163 Å². The average Bonchev–Trinajstić information content (AvgIpc) is 3.27. The molecular formula is C18H11Cl2N3O2S. The Bertz CT molecular complexity index is 1000. The molecule has 0 aliphatic rings. The first-order valence-corrected chi connectivity index (χ1v) is 8.97. The van der Waals surface area contributed by atoms with Crippen LogP contribution in [-0.2, 0) is 11.2 Å². The maximum absolute atomic E-state index is 12.2. The molecule has 130 valence electrons. The van der Waals surface area contributed by atoms with Gasteiger partial charge in [0.15, 0.2) is 5.13 Å². The molecule has 3 rings (SSSR count). The fraction of sp³-hybridized carbons (Fsp3) is 0.0556. The number of halogens is 2. The Kier molecular flexibility index (Phi) is 5.74. The summed E-state index contributed by atoms with van der Waals surface area (Å²) in [4.78, 5) is 17.3. The van der Waals surface area contributed by atoms with E-state index in [1.807, 2.05) is 12.1 Å². The maximum atomic E-state index is 12.2. The van der Waals surface area contributed by atoms with Gasteiger partial charge in [-0.3, -0.25) is 10.1 Å². The highest BCUT2D eigenvalue weighted by molar-refractivity contribution is 7.15. The number of thiazole rings is 1. The van der Waals surface area contributed by atoms with Gasteiger partial charge in [-0.1, -0.05) is 29.3 Å². The molecule has 0 saturated heterocycles. The first kappa shape index (κ1) is 18.2. The van der Waals surface area contributed by atoms with Gasteiger partial charge in [-0.15, -0.1) is 11.3 Å². The highest BCUT2D eigenvalue weighted by Crippen LogP contribution is 2.27. The number of nitrogens with zero attached hydrogens (tertiary/aromatic N) is 2. The highest BCUT2D eigenvalue weighted by atomic mass is 35.5. The smallest absolute Gasteiger partial charge is 0.268 e. The van der Waals surface area contributed by atoms with Gasteiger partial charge in [0.1, 0.15) is 17.4 Å². The van der Waals surface area contributed by atoms with Crippen LogP contribution in [0.1, 0.15) is 16.2 Å². The van der Waals surface area contributed by atoms with Gasteiger partial charge < -0.3 is 4.42 Å². The van der Waals surface area contributed by atoms with E-state index in [9.17, 15) is 4.79 Å². The van der Waals surface area contributed by atoms with Crippen LogP contribution < -0.4 is 5.32 Å². The van der Waals surface area contributed by atoms with E-state index in [0.717, 1.165) is 10.4 Å². The minimum Gasteiger partial charge on any atom is -0.465 e. The molecular weight excluding hydrogens is 393 g/mol. The van der Waals surface area contributed by atoms with Gasteiger partial charge in [0.05, 0.1) is 6.26 Å². The number of benzene rings is 1. The zero-order chi connectivity index (χ0) is 18.5. The summed E-state index contributed by atoms with van der Waals surface area (Å²) < 4.78 is 5.11. The molecule has 0 fully saturated rings. The number of anilines is 1. The third-order valence-electron chi connectivity index (χ3n) is 3.35. The number of carbonyl (C=O) groups excluding carboxylic acids is 1. The molecule has 0 atom stereocenters. The van der Waals surface area contributed by atoms with Gasteiger partial charge >= 0.3 is 0 Å². The van der Waals surface area contributed by atoms with Crippen molar-refractivity contribution in [1.82, 2.24) is 4.98 Å². The molecule has 3 aromatic rings. The van der Waals surface area contributed by atoms with Gasteiger partial charge in [0, 0.05) is 33.6 Å². The fourth-order valence-corrected chi connectivity index (χ4v) is 3.43. The van der Waals surface area contributed by atoms with E-state index < -0.39 is 5.91 Å². The highest BCUT2D eigenvalue weighted by Gasteiger charge is 2.13. The van der Waals surface area contributed by atoms with Crippen molar-refractivity contribution in [2.75, 3.05) is 5.32 Å². The number of hydrogen-bond donors (Lipinski definition) is 1. The zero-order valence-corrected chi connectivity index (χ0v) is 15.5. The van der Waals surface area contributed by atoms with Crippen molar-refractivity contribution in [3.63, 3.8) is 0 Å². The van der Waals surface area contributed by atoms with E-state index >= 15 is 0 Å². The van der Waals surface area contributed by atoms with Crippen molar-refractivity contribution in [2.24, 2.45) is 0 Å². The second kappa shape index (κ2) is 8.19. The number of nitrogens with one attached hydrogen (secondary N) is 1. The van der Waals surface area contributed by atoms with E-state index in [4.69, 9.17) is 32.9 Å². The summed E-state index contributed by atoms with van der Waals surface area (Å²) in [5.74, 6) is -0.122. The SMILES string of the molecule is N#C/C(=C/c1ccco1)C(=O)Nc1ncc(Cc2ccc(Cl)cc2Cl)s1. The molecule has 0 bridgehead atoms. The van der Waals surface area contributed by atoms with E-state index in [2.05, 4.69) is 10.3 Å². The number of nitriles is 1. The quantitative estimate of drug-likeness (QED) is 0.470. The summed E-state index contributed by atoms with van der Waals surface area (Å²) in [6.07, 6.45) is 5.06. The maximum Gasteiger partial charge on any atom is 0.268 e. The first-order valence-electron chi connectivity index (χ1n) is 7.40. The number of furan rings is 1. The largest absolute Gasteiger partial charge is 0.465 e. The number of amides is 1. The van der Waals surface area contributed by atoms with Crippen molar-refractivity contribution in [1.29, 1.82) is 5.26 Å². The topological polar surface area (TPSA) is 78.9 Å². The Morgan fingerprint density at radius 1 is 1.38 bits per heavy atom. The number of aromatic nitrogens is 1. The van der Waals surface area contributed by atoms with Crippen LogP contribution in [0.2, 0.25) is 10.0 Å². The molecule has 8 heteroatoms. The molecule has 0 saturated carbocycles. The summed E-state index contributed by atoms with van der Waals surface area (Å²) in [6, 6.07) is 10.5. The monoisotopic (exact) mass is 403 g/mol. The molecule has 0 unspecified atom stereocenters. The molecule has 0 radical (unpaired) electrons. The summed E-state index contributed by atoms with van der Waals surface area (Å²) in [7, 11) is 0. The van der Waals surface area contributed by atoms with Crippen molar-refractivity contribution in [3.05, 3.63) is 74.6 Å². The second-order valence-corrected chi connectivity index (χ2v) is 7.14. The number of hydrogen-bond acceptors (Lipinski definition) is 5. The van der Waals surface area contributed by atoms with Crippen molar-refractivity contribution < 1.29 is 9.21 Å². The normalized spacial score (nSPS) is 11.2. The molecule has 2 aromatic heterocycles. The minimum atomic E-state index is -0.547. The van der Waals surface area contributed by atoms with Crippen LogP contribution in [0.25, 0.3) is 6.08 Å². The van der Waals surface area contributed by atoms with Crippen molar-refractivity contribution in [3.8, 4) is 6.07 Å². The summed E-state index contributed by atoms with van der Waals surface area (Å²) in [6.45, 7) is 0. The van der Waals surface area contributed by atoms with Crippen LogP contribution in [0.5, 0.6) is 0 Å². The van der Waals surface area contributed by atoms with E-state index in [1.165, 1.54) is 23.7 Å². The Morgan fingerprint density at radius 3 is 2.92 bits per heavy atom. The van der Waals surface area contributed by atoms with Crippen LogP contribution in [0, 0.1) is 11.3 Å². The molecule has 0 spiro atoms. The third-order valence-corrected chi connectivity index (χ3v) is 4.85. The van der Waals surface area contributed by atoms with Gasteiger partial charge in [0.2, 0.25) is 0 Å².